The summed E-state index contributed by atoms with van der Waals surface area (Å²) >= 11 is 0. The fraction of sp³-hybridized carbons (Fsp3) is 0.400. The van der Waals surface area contributed by atoms with Gasteiger partial charge < -0.3 is 10.1 Å². The van der Waals surface area contributed by atoms with E-state index in [1.165, 1.54) is 18.4 Å². The summed E-state index contributed by atoms with van der Waals surface area (Å²) in [6.45, 7) is 3.00. The Kier molecular flexibility index (Phi) is 4.65. The van der Waals surface area contributed by atoms with Gasteiger partial charge in [-0.25, -0.2) is 0 Å². The summed E-state index contributed by atoms with van der Waals surface area (Å²) in [5.41, 5.74) is 3.50. The Morgan fingerprint density at radius 2 is 2.08 bits per heavy atom. The lowest BCUT2D eigenvalue weighted by molar-refractivity contribution is 0.133. The van der Waals surface area contributed by atoms with Crippen molar-refractivity contribution in [1.82, 2.24) is 20.5 Å². The summed E-state index contributed by atoms with van der Waals surface area (Å²) in [6, 6.07) is 8.74. The van der Waals surface area contributed by atoms with E-state index in [4.69, 9.17) is 4.74 Å². The van der Waals surface area contributed by atoms with Crippen molar-refractivity contribution in [3.8, 4) is 5.75 Å². The summed E-state index contributed by atoms with van der Waals surface area (Å²) in [4.78, 5) is 4.07. The van der Waals surface area contributed by atoms with Gasteiger partial charge in [-0.1, -0.05) is 0 Å². The summed E-state index contributed by atoms with van der Waals surface area (Å²) in [6.07, 6.45) is 10.4. The van der Waals surface area contributed by atoms with Gasteiger partial charge in [0.1, 0.15) is 11.9 Å². The van der Waals surface area contributed by atoms with E-state index in [2.05, 4.69) is 45.6 Å². The van der Waals surface area contributed by atoms with E-state index in [0.29, 0.717) is 6.04 Å². The molecule has 1 fully saturated rings. The molecule has 0 unspecified atom stereocenters. The SMILES string of the molecule is Cc1c(O[C@@H]2CCC[C@H](NCc3ccncc3)C2)ccc2[nH]ncc12. The maximum Gasteiger partial charge on any atom is 0.123 e. The molecule has 0 aliphatic heterocycles. The van der Waals surface area contributed by atoms with Crippen LogP contribution in [0.5, 0.6) is 5.75 Å². The third kappa shape index (κ3) is 3.66. The fourth-order valence-corrected chi connectivity index (χ4v) is 3.65. The normalized spacial score (nSPS) is 20.7. The first-order valence-electron chi connectivity index (χ1n) is 9.01. The van der Waals surface area contributed by atoms with Crippen LogP contribution in [0.3, 0.4) is 0 Å². The third-order valence-electron chi connectivity index (χ3n) is 5.11. The summed E-state index contributed by atoms with van der Waals surface area (Å²) < 4.78 is 6.35. The van der Waals surface area contributed by atoms with Crippen LogP contribution in [0.2, 0.25) is 0 Å². The molecule has 4 rings (SSSR count). The third-order valence-corrected chi connectivity index (χ3v) is 5.11. The van der Waals surface area contributed by atoms with E-state index in [-0.39, 0.29) is 6.10 Å². The molecule has 25 heavy (non-hydrogen) atoms. The molecule has 2 N–H and O–H groups in total. The van der Waals surface area contributed by atoms with Crippen molar-refractivity contribution < 1.29 is 4.74 Å². The molecule has 5 nitrogen and oxygen atoms in total. The van der Waals surface area contributed by atoms with Crippen LogP contribution in [0.25, 0.3) is 10.9 Å². The molecule has 2 heterocycles. The second kappa shape index (κ2) is 7.23. The van der Waals surface area contributed by atoms with Crippen molar-refractivity contribution in [2.24, 2.45) is 0 Å². The lowest BCUT2D eigenvalue weighted by atomic mass is 9.92. The first-order chi connectivity index (χ1) is 12.3. The zero-order chi connectivity index (χ0) is 17.1. The molecule has 2 aromatic heterocycles. The topological polar surface area (TPSA) is 62.8 Å². The van der Waals surface area contributed by atoms with E-state index < -0.39 is 0 Å². The largest absolute Gasteiger partial charge is 0.490 e. The number of aromatic nitrogens is 3. The standard InChI is InChI=1S/C20H24N4O/c1-14-18-13-23-24-19(18)5-6-20(14)25-17-4-2-3-16(11-17)22-12-15-7-9-21-10-8-15/h5-10,13,16-17,22H,2-4,11-12H2,1H3,(H,23,24)/t16-,17+/m0/s1. The molecule has 3 aromatic rings. The van der Waals surface area contributed by atoms with Gasteiger partial charge in [-0.05, 0) is 62.4 Å². The van der Waals surface area contributed by atoms with Crippen LogP contribution in [0.1, 0.15) is 36.8 Å². The van der Waals surface area contributed by atoms with Gasteiger partial charge in [0.25, 0.3) is 0 Å². The molecule has 0 bridgehead atoms. The highest BCUT2D eigenvalue weighted by Gasteiger charge is 2.23. The second-order valence-corrected chi connectivity index (χ2v) is 6.86. The number of benzene rings is 1. The van der Waals surface area contributed by atoms with Crippen molar-refractivity contribution in [2.45, 2.75) is 51.3 Å². The van der Waals surface area contributed by atoms with Crippen LogP contribution in [0, 0.1) is 6.92 Å². The molecular formula is C20H24N4O. The van der Waals surface area contributed by atoms with Crippen molar-refractivity contribution in [3.05, 3.63) is 54.0 Å². The number of aryl methyl sites for hydroxylation is 1. The Hall–Kier alpha value is -2.40. The van der Waals surface area contributed by atoms with E-state index in [0.717, 1.165) is 41.6 Å². The molecular weight excluding hydrogens is 312 g/mol. The number of hydrogen-bond donors (Lipinski definition) is 2. The molecule has 0 amide bonds. The molecule has 130 valence electrons. The Labute approximate surface area is 147 Å². The number of nitrogens with zero attached hydrogens (tertiary/aromatic N) is 2. The number of pyridine rings is 1. The zero-order valence-corrected chi connectivity index (χ0v) is 14.5. The minimum atomic E-state index is 0.270. The van der Waals surface area contributed by atoms with Gasteiger partial charge in [-0.15, -0.1) is 0 Å². The lowest BCUT2D eigenvalue weighted by Crippen LogP contribution is -2.37. The Morgan fingerprint density at radius 3 is 2.96 bits per heavy atom. The van der Waals surface area contributed by atoms with Crippen molar-refractivity contribution in [2.75, 3.05) is 0 Å². The molecule has 0 spiro atoms. The molecule has 0 radical (unpaired) electrons. The Balaban J connectivity index is 1.38. The Bertz CT molecular complexity index is 830. The number of rotatable bonds is 5. The van der Waals surface area contributed by atoms with Crippen LogP contribution >= 0.6 is 0 Å². The number of nitrogens with one attached hydrogen (secondary N) is 2. The summed E-state index contributed by atoms with van der Waals surface area (Å²) in [5, 5.41) is 11.9. The second-order valence-electron chi connectivity index (χ2n) is 6.86. The molecule has 0 saturated heterocycles. The molecule has 1 aromatic carbocycles. The summed E-state index contributed by atoms with van der Waals surface area (Å²) in [5.74, 6) is 0.980. The van der Waals surface area contributed by atoms with Gasteiger partial charge >= 0.3 is 0 Å². The average Bonchev–Trinajstić information content (AvgIpc) is 3.13. The average molecular weight is 336 g/mol. The number of ether oxygens (including phenoxy) is 1. The molecule has 5 heteroatoms. The van der Waals surface area contributed by atoms with E-state index >= 15 is 0 Å². The van der Waals surface area contributed by atoms with Crippen LogP contribution in [0.15, 0.2) is 42.9 Å². The van der Waals surface area contributed by atoms with Gasteiger partial charge in [0.15, 0.2) is 0 Å². The van der Waals surface area contributed by atoms with Crippen molar-refractivity contribution in [3.63, 3.8) is 0 Å². The highest BCUT2D eigenvalue weighted by atomic mass is 16.5. The van der Waals surface area contributed by atoms with Crippen LogP contribution < -0.4 is 10.1 Å². The predicted molar refractivity (Wildman–Crippen MR) is 98.6 cm³/mol. The summed E-state index contributed by atoms with van der Waals surface area (Å²) in [7, 11) is 0. The maximum atomic E-state index is 6.35. The van der Waals surface area contributed by atoms with E-state index in [1.807, 2.05) is 24.7 Å². The molecule has 1 aliphatic rings. The highest BCUT2D eigenvalue weighted by Crippen LogP contribution is 2.30. The number of H-pyrrole nitrogens is 1. The van der Waals surface area contributed by atoms with E-state index in [1.54, 1.807) is 0 Å². The van der Waals surface area contributed by atoms with Gasteiger partial charge in [-0.2, -0.15) is 5.10 Å². The zero-order valence-electron chi connectivity index (χ0n) is 14.5. The lowest BCUT2D eigenvalue weighted by Gasteiger charge is -2.30. The fourth-order valence-electron chi connectivity index (χ4n) is 3.65. The quantitative estimate of drug-likeness (QED) is 0.745. The van der Waals surface area contributed by atoms with Crippen LogP contribution in [-0.4, -0.2) is 27.3 Å². The van der Waals surface area contributed by atoms with Gasteiger partial charge in [0, 0.05) is 35.9 Å². The Morgan fingerprint density at radius 1 is 1.20 bits per heavy atom. The van der Waals surface area contributed by atoms with Crippen LogP contribution in [0.4, 0.5) is 0 Å². The van der Waals surface area contributed by atoms with Gasteiger partial charge in [-0.3, -0.25) is 10.1 Å². The molecule has 1 saturated carbocycles. The monoisotopic (exact) mass is 336 g/mol. The highest BCUT2D eigenvalue weighted by molar-refractivity contribution is 5.83. The molecule has 2 atom stereocenters. The van der Waals surface area contributed by atoms with Crippen molar-refractivity contribution >= 4 is 10.9 Å². The maximum absolute atomic E-state index is 6.35. The number of hydrogen-bond acceptors (Lipinski definition) is 4. The van der Waals surface area contributed by atoms with E-state index in [9.17, 15) is 0 Å². The van der Waals surface area contributed by atoms with Crippen molar-refractivity contribution in [1.29, 1.82) is 0 Å². The first-order valence-corrected chi connectivity index (χ1v) is 9.01. The van der Waals surface area contributed by atoms with Gasteiger partial charge in [0.05, 0.1) is 11.7 Å². The minimum Gasteiger partial charge on any atom is -0.490 e. The minimum absolute atomic E-state index is 0.270. The first kappa shape index (κ1) is 16.1. The smallest absolute Gasteiger partial charge is 0.123 e. The molecule has 1 aliphatic carbocycles. The van der Waals surface area contributed by atoms with Gasteiger partial charge in [0.2, 0.25) is 0 Å². The number of aromatic amines is 1. The number of fused-ring (bicyclic) bond motifs is 1. The van der Waals surface area contributed by atoms with Crippen LogP contribution in [-0.2, 0) is 6.54 Å². The predicted octanol–water partition coefficient (Wildman–Crippen LogP) is 3.75.